The van der Waals surface area contributed by atoms with Crippen LogP contribution in [-0.4, -0.2) is 82.8 Å². The molecule has 0 saturated carbocycles. The zero-order valence-electron chi connectivity index (χ0n) is 15.2. The summed E-state index contributed by atoms with van der Waals surface area (Å²) in [6, 6.07) is -0.273. The van der Waals surface area contributed by atoms with Crippen LogP contribution in [0.3, 0.4) is 0 Å². The average Bonchev–Trinajstić information content (AvgIpc) is 2.47. The molecule has 1 unspecified atom stereocenters. The second kappa shape index (κ2) is 13.4. The average molecular weight is 331 g/mol. The van der Waals surface area contributed by atoms with Crippen molar-refractivity contribution >= 4 is 11.7 Å². The maximum absolute atomic E-state index is 12.2. The third-order valence-corrected chi connectivity index (χ3v) is 3.34. The molecule has 0 aliphatic rings. The lowest BCUT2D eigenvalue weighted by molar-refractivity contribution is -0.129. The highest BCUT2D eigenvalue weighted by Crippen LogP contribution is 2.09. The number of carbonyl (C=O) groups is 2. The minimum absolute atomic E-state index is 0.0508. The number of ether oxygens (including phenoxy) is 2. The molecule has 0 aromatic rings. The first-order valence-electron chi connectivity index (χ1n) is 8.17. The van der Waals surface area contributed by atoms with Gasteiger partial charge in [0.05, 0.1) is 39.0 Å². The fourth-order valence-corrected chi connectivity index (χ4v) is 2.17. The van der Waals surface area contributed by atoms with Gasteiger partial charge in [-0.15, -0.1) is 0 Å². The zero-order chi connectivity index (χ0) is 17.7. The third kappa shape index (κ3) is 11.2. The number of rotatable bonds is 14. The Bertz CT molecular complexity index is 337. The Labute approximate surface area is 140 Å². The van der Waals surface area contributed by atoms with Crippen LogP contribution in [-0.2, 0) is 19.1 Å². The molecule has 136 valence electrons. The summed E-state index contributed by atoms with van der Waals surface area (Å²) in [7, 11) is 3.78. The highest BCUT2D eigenvalue weighted by Gasteiger charge is 2.26. The predicted molar refractivity (Wildman–Crippen MR) is 90.5 cm³/mol. The second-order valence-corrected chi connectivity index (χ2v) is 5.92. The van der Waals surface area contributed by atoms with Crippen molar-refractivity contribution in [1.29, 1.82) is 0 Å². The fraction of sp³-hybridized carbons (Fsp3) is 0.875. The molecule has 0 rings (SSSR count). The Morgan fingerprint density at radius 1 is 1.09 bits per heavy atom. The lowest BCUT2D eigenvalue weighted by Gasteiger charge is -2.29. The summed E-state index contributed by atoms with van der Waals surface area (Å²) < 4.78 is 10.9. The summed E-state index contributed by atoms with van der Waals surface area (Å²) in [5, 5.41) is 5.68. The lowest BCUT2D eigenvalue weighted by atomic mass is 10.0. The number of likely N-dealkylation sites (N-methyl/N-ethyl adjacent to an activating group) is 2. The molecule has 7 heteroatoms. The van der Waals surface area contributed by atoms with E-state index in [1.807, 2.05) is 32.8 Å². The number of hydrogen-bond acceptors (Lipinski definition) is 6. The van der Waals surface area contributed by atoms with Gasteiger partial charge >= 0.3 is 0 Å². The minimum atomic E-state index is -0.273. The summed E-state index contributed by atoms with van der Waals surface area (Å²) >= 11 is 0. The van der Waals surface area contributed by atoms with E-state index in [9.17, 15) is 9.59 Å². The Morgan fingerprint density at radius 3 is 2.22 bits per heavy atom. The number of ketones is 1. The van der Waals surface area contributed by atoms with Crippen LogP contribution in [0.15, 0.2) is 0 Å². The van der Waals surface area contributed by atoms with E-state index in [0.717, 1.165) is 6.54 Å². The summed E-state index contributed by atoms with van der Waals surface area (Å²) in [6.45, 7) is 9.31. The molecule has 0 aliphatic carbocycles. The zero-order valence-corrected chi connectivity index (χ0v) is 15.2. The quantitative estimate of drug-likeness (QED) is 0.433. The second-order valence-electron chi connectivity index (χ2n) is 5.92. The summed E-state index contributed by atoms with van der Waals surface area (Å²) in [5.41, 5.74) is 0. The van der Waals surface area contributed by atoms with Crippen molar-refractivity contribution in [3.8, 4) is 0 Å². The number of hydrogen-bond donors (Lipinski definition) is 2. The van der Waals surface area contributed by atoms with E-state index in [0.29, 0.717) is 33.0 Å². The molecule has 0 spiro atoms. The number of nitrogens with one attached hydrogen (secondary N) is 2. The monoisotopic (exact) mass is 331 g/mol. The molecule has 2 N–H and O–H groups in total. The van der Waals surface area contributed by atoms with Crippen LogP contribution in [0, 0.1) is 5.92 Å². The first-order valence-corrected chi connectivity index (χ1v) is 8.17. The molecule has 7 nitrogen and oxygen atoms in total. The van der Waals surface area contributed by atoms with E-state index in [2.05, 4.69) is 10.6 Å². The molecule has 0 aromatic carbocycles. The van der Waals surface area contributed by atoms with E-state index in [4.69, 9.17) is 9.47 Å². The van der Waals surface area contributed by atoms with Gasteiger partial charge in [-0.1, -0.05) is 13.8 Å². The third-order valence-electron chi connectivity index (χ3n) is 3.34. The van der Waals surface area contributed by atoms with Gasteiger partial charge in [-0.3, -0.25) is 14.5 Å². The van der Waals surface area contributed by atoms with Gasteiger partial charge in [-0.05, 0) is 26.9 Å². The normalized spacial score (nSPS) is 12.7. The van der Waals surface area contributed by atoms with Crippen molar-refractivity contribution in [3.63, 3.8) is 0 Å². The number of nitrogens with zero attached hydrogens (tertiary/aromatic N) is 1. The van der Waals surface area contributed by atoms with Crippen molar-refractivity contribution in [2.45, 2.75) is 26.8 Å². The molecule has 0 bridgehead atoms. The molecule has 0 saturated heterocycles. The topological polar surface area (TPSA) is 79.9 Å². The molecule has 0 radical (unpaired) electrons. The van der Waals surface area contributed by atoms with Crippen LogP contribution < -0.4 is 10.6 Å². The maximum Gasteiger partial charge on any atom is 0.237 e. The smallest absolute Gasteiger partial charge is 0.237 e. The van der Waals surface area contributed by atoms with Crippen molar-refractivity contribution in [2.24, 2.45) is 5.92 Å². The first kappa shape index (κ1) is 22.0. The van der Waals surface area contributed by atoms with E-state index in [-0.39, 0.29) is 30.2 Å². The van der Waals surface area contributed by atoms with Crippen molar-refractivity contribution in [1.82, 2.24) is 15.5 Å². The molecule has 1 atom stereocenters. The molecule has 0 heterocycles. The van der Waals surface area contributed by atoms with Crippen LogP contribution in [0.5, 0.6) is 0 Å². The van der Waals surface area contributed by atoms with Gasteiger partial charge in [0.1, 0.15) is 5.78 Å². The largest absolute Gasteiger partial charge is 0.378 e. The van der Waals surface area contributed by atoms with Gasteiger partial charge in [0.25, 0.3) is 0 Å². The van der Waals surface area contributed by atoms with Crippen LogP contribution in [0.1, 0.15) is 20.8 Å². The Kier molecular flexibility index (Phi) is 12.8. The standard InChI is InChI=1S/C16H33N3O4/c1-13(2)15(16(21)18-12-14(3)20)19(5)7-9-23-11-10-22-8-6-17-4/h13,15,17H,6-12H2,1-5H3,(H,18,21). The summed E-state index contributed by atoms with van der Waals surface area (Å²) in [4.78, 5) is 25.1. The maximum atomic E-state index is 12.2. The van der Waals surface area contributed by atoms with E-state index in [1.54, 1.807) is 0 Å². The lowest BCUT2D eigenvalue weighted by Crippen LogP contribution is -2.50. The fourth-order valence-electron chi connectivity index (χ4n) is 2.17. The van der Waals surface area contributed by atoms with E-state index in [1.165, 1.54) is 6.92 Å². The number of Topliss-reactive ketones (excluding diaryl/α,β-unsaturated/α-hetero) is 1. The van der Waals surface area contributed by atoms with Crippen molar-refractivity contribution in [3.05, 3.63) is 0 Å². The highest BCUT2D eigenvalue weighted by molar-refractivity contribution is 5.87. The van der Waals surface area contributed by atoms with Gasteiger partial charge < -0.3 is 20.1 Å². The molecular formula is C16H33N3O4. The molecule has 0 aromatic heterocycles. The van der Waals surface area contributed by atoms with Gasteiger partial charge in [0, 0.05) is 13.1 Å². The van der Waals surface area contributed by atoms with Gasteiger partial charge in [-0.25, -0.2) is 0 Å². The van der Waals surface area contributed by atoms with Crippen molar-refractivity contribution < 1.29 is 19.1 Å². The minimum Gasteiger partial charge on any atom is -0.378 e. The van der Waals surface area contributed by atoms with Crippen LogP contribution in [0.25, 0.3) is 0 Å². The van der Waals surface area contributed by atoms with E-state index < -0.39 is 0 Å². The molecule has 23 heavy (non-hydrogen) atoms. The Morgan fingerprint density at radius 2 is 1.70 bits per heavy atom. The molecular weight excluding hydrogens is 298 g/mol. The van der Waals surface area contributed by atoms with E-state index >= 15 is 0 Å². The Balaban J connectivity index is 3.99. The van der Waals surface area contributed by atoms with Crippen LogP contribution >= 0.6 is 0 Å². The summed E-state index contributed by atoms with van der Waals surface area (Å²) in [5.74, 6) is -0.0185. The highest BCUT2D eigenvalue weighted by atomic mass is 16.5. The van der Waals surface area contributed by atoms with Crippen LogP contribution in [0.2, 0.25) is 0 Å². The van der Waals surface area contributed by atoms with Crippen molar-refractivity contribution in [2.75, 3.05) is 60.2 Å². The van der Waals surface area contributed by atoms with Gasteiger partial charge in [0.2, 0.25) is 5.91 Å². The first-order chi connectivity index (χ1) is 10.9. The SMILES string of the molecule is CNCCOCCOCCN(C)C(C(=O)NCC(C)=O)C(C)C. The number of carbonyl (C=O) groups excluding carboxylic acids is 2. The number of amides is 1. The van der Waals surface area contributed by atoms with Gasteiger partial charge in [0.15, 0.2) is 0 Å². The summed E-state index contributed by atoms with van der Waals surface area (Å²) in [6.07, 6.45) is 0. The molecule has 1 amide bonds. The van der Waals surface area contributed by atoms with Gasteiger partial charge in [-0.2, -0.15) is 0 Å². The molecule has 0 aliphatic heterocycles. The van der Waals surface area contributed by atoms with Crippen LogP contribution in [0.4, 0.5) is 0 Å². The molecule has 0 fully saturated rings. The predicted octanol–water partition coefficient (Wildman–Crippen LogP) is -0.0994. The Hall–Kier alpha value is -1.02.